The minimum absolute atomic E-state index is 0.0177. The molecule has 10 heteroatoms. The first-order chi connectivity index (χ1) is 12.8. The van der Waals surface area contributed by atoms with Crippen molar-refractivity contribution in [3.63, 3.8) is 0 Å². The van der Waals surface area contributed by atoms with Gasteiger partial charge >= 0.3 is 12.1 Å². The molecule has 2 saturated heterocycles. The van der Waals surface area contributed by atoms with Gasteiger partial charge in [-0.15, -0.1) is 0 Å². The number of fused-ring (bicyclic) bond motifs is 1. The zero-order valence-corrected chi connectivity index (χ0v) is 18.1. The van der Waals surface area contributed by atoms with E-state index in [1.54, 1.807) is 11.9 Å². The van der Waals surface area contributed by atoms with Crippen LogP contribution in [-0.4, -0.2) is 102 Å². The molecule has 0 spiro atoms. The average molecular weight is 415 g/mol. The van der Waals surface area contributed by atoms with Crippen LogP contribution in [0.1, 0.15) is 40.0 Å². The molecule has 5 rings (SSSR count). The SMILES string of the molecule is CN(C12CC(N3C[C@@H]4CN(C(=O)OC(C)(C)C)CCN4C3=O)(C1)C2)S(C)(=O)=O. The summed E-state index contributed by atoms with van der Waals surface area (Å²) in [6, 6.07) is -0.0180. The zero-order valence-electron chi connectivity index (χ0n) is 17.3. The van der Waals surface area contributed by atoms with Crippen molar-refractivity contribution in [2.75, 3.05) is 39.5 Å². The molecule has 0 N–H and O–H groups in total. The summed E-state index contributed by atoms with van der Waals surface area (Å²) >= 11 is 0. The Balaban J connectivity index is 1.40. The van der Waals surface area contributed by atoms with Gasteiger partial charge in [0, 0.05) is 38.8 Å². The topological polar surface area (TPSA) is 90.5 Å². The normalized spacial score (nSPS) is 34.9. The number of carbonyl (C=O) groups excluding carboxylic acids is 2. The van der Waals surface area contributed by atoms with E-state index >= 15 is 0 Å². The summed E-state index contributed by atoms with van der Waals surface area (Å²) in [6.07, 6.45) is 2.99. The monoisotopic (exact) mass is 414 g/mol. The lowest BCUT2D eigenvalue weighted by Crippen LogP contribution is -2.83. The first-order valence-electron chi connectivity index (χ1n) is 9.77. The molecule has 0 aromatic heterocycles. The molecule has 1 atom stereocenters. The second kappa shape index (κ2) is 5.75. The number of piperazine rings is 1. The molecular weight excluding hydrogens is 384 g/mol. The van der Waals surface area contributed by atoms with Gasteiger partial charge in [0.05, 0.1) is 17.8 Å². The summed E-state index contributed by atoms with van der Waals surface area (Å²) < 4.78 is 30.7. The Labute approximate surface area is 166 Å². The van der Waals surface area contributed by atoms with Gasteiger partial charge in [0.1, 0.15) is 5.60 Å². The molecular formula is C18H30N4O5S. The highest BCUT2D eigenvalue weighted by atomic mass is 32.2. The molecule has 28 heavy (non-hydrogen) atoms. The maximum Gasteiger partial charge on any atom is 0.410 e. The van der Waals surface area contributed by atoms with E-state index in [0.29, 0.717) is 45.4 Å². The van der Waals surface area contributed by atoms with Gasteiger partial charge in [0.2, 0.25) is 10.0 Å². The van der Waals surface area contributed by atoms with Crippen LogP contribution in [0.4, 0.5) is 9.59 Å². The van der Waals surface area contributed by atoms with E-state index in [1.807, 2.05) is 30.6 Å². The lowest BCUT2D eigenvalue weighted by molar-refractivity contribution is -0.185. The second-order valence-corrected chi connectivity index (χ2v) is 11.9. The number of nitrogens with zero attached hydrogens (tertiary/aromatic N) is 4. The van der Waals surface area contributed by atoms with Gasteiger partial charge in [-0.05, 0) is 40.0 Å². The highest BCUT2D eigenvalue weighted by Crippen LogP contribution is 2.67. The fraction of sp³-hybridized carbons (Fsp3) is 0.889. The molecule has 2 bridgehead atoms. The predicted molar refractivity (Wildman–Crippen MR) is 102 cm³/mol. The van der Waals surface area contributed by atoms with Crippen LogP contribution in [0.5, 0.6) is 0 Å². The number of ether oxygens (including phenoxy) is 1. The highest BCUT2D eigenvalue weighted by molar-refractivity contribution is 7.88. The molecule has 9 nitrogen and oxygen atoms in total. The van der Waals surface area contributed by atoms with Crippen molar-refractivity contribution in [2.24, 2.45) is 0 Å². The van der Waals surface area contributed by atoms with Gasteiger partial charge in [-0.1, -0.05) is 0 Å². The van der Waals surface area contributed by atoms with Crippen molar-refractivity contribution in [3.8, 4) is 0 Å². The number of hydrogen-bond donors (Lipinski definition) is 0. The summed E-state index contributed by atoms with van der Waals surface area (Å²) in [4.78, 5) is 30.8. The van der Waals surface area contributed by atoms with Gasteiger partial charge in [-0.3, -0.25) is 0 Å². The van der Waals surface area contributed by atoms with Crippen LogP contribution >= 0.6 is 0 Å². The molecule has 2 aliphatic heterocycles. The van der Waals surface area contributed by atoms with E-state index < -0.39 is 15.6 Å². The number of carbonyl (C=O) groups is 2. The van der Waals surface area contributed by atoms with E-state index in [2.05, 4.69) is 0 Å². The number of urea groups is 1. The van der Waals surface area contributed by atoms with E-state index in [9.17, 15) is 18.0 Å². The van der Waals surface area contributed by atoms with E-state index in [1.165, 1.54) is 10.6 Å². The molecule has 0 radical (unpaired) electrons. The number of sulfonamides is 1. The van der Waals surface area contributed by atoms with E-state index in [4.69, 9.17) is 4.74 Å². The van der Waals surface area contributed by atoms with Crippen LogP contribution in [0.3, 0.4) is 0 Å². The maximum absolute atomic E-state index is 13.0. The molecule has 3 saturated carbocycles. The molecule has 0 unspecified atom stereocenters. The molecule has 5 aliphatic rings. The number of rotatable bonds is 3. The maximum atomic E-state index is 13.0. The highest BCUT2D eigenvalue weighted by Gasteiger charge is 2.75. The van der Waals surface area contributed by atoms with Crippen molar-refractivity contribution in [1.82, 2.24) is 19.0 Å². The van der Waals surface area contributed by atoms with Crippen molar-refractivity contribution in [2.45, 2.75) is 62.8 Å². The van der Waals surface area contributed by atoms with Crippen molar-refractivity contribution in [1.29, 1.82) is 0 Å². The Hall–Kier alpha value is -1.55. The van der Waals surface area contributed by atoms with Crippen molar-refractivity contribution in [3.05, 3.63) is 0 Å². The third-order valence-corrected chi connectivity index (χ3v) is 8.10. The molecule has 0 aromatic rings. The quantitative estimate of drug-likeness (QED) is 0.685. The minimum Gasteiger partial charge on any atom is -0.444 e. The summed E-state index contributed by atoms with van der Waals surface area (Å²) in [5.74, 6) is 0. The summed E-state index contributed by atoms with van der Waals surface area (Å²) in [5.41, 5.74) is -1.08. The predicted octanol–water partition coefficient (Wildman–Crippen LogP) is 0.910. The molecule has 158 valence electrons. The van der Waals surface area contributed by atoms with Crippen LogP contribution in [-0.2, 0) is 14.8 Å². The van der Waals surface area contributed by atoms with Gasteiger partial charge < -0.3 is 19.4 Å². The molecule has 0 aromatic carbocycles. The molecule has 3 aliphatic carbocycles. The summed E-state index contributed by atoms with van der Waals surface area (Å²) in [6.45, 7) is 7.55. The van der Waals surface area contributed by atoms with Crippen LogP contribution in [0.15, 0.2) is 0 Å². The average Bonchev–Trinajstić information content (AvgIpc) is 2.78. The first-order valence-corrected chi connectivity index (χ1v) is 11.6. The number of amides is 3. The Morgan fingerprint density at radius 3 is 2.32 bits per heavy atom. The van der Waals surface area contributed by atoms with E-state index in [0.717, 1.165) is 0 Å². The lowest BCUT2D eigenvalue weighted by atomic mass is 9.43. The Morgan fingerprint density at radius 2 is 1.79 bits per heavy atom. The van der Waals surface area contributed by atoms with Crippen LogP contribution in [0.25, 0.3) is 0 Å². The van der Waals surface area contributed by atoms with Crippen LogP contribution < -0.4 is 0 Å². The smallest absolute Gasteiger partial charge is 0.410 e. The molecule has 5 fully saturated rings. The summed E-state index contributed by atoms with van der Waals surface area (Å²) in [5, 5.41) is 0. The van der Waals surface area contributed by atoms with Gasteiger partial charge in [-0.25, -0.2) is 18.0 Å². The molecule has 2 heterocycles. The lowest BCUT2D eigenvalue weighted by Gasteiger charge is -2.74. The second-order valence-electron chi connectivity index (χ2n) is 9.88. The van der Waals surface area contributed by atoms with Crippen molar-refractivity contribution >= 4 is 22.1 Å². The third kappa shape index (κ3) is 2.87. The van der Waals surface area contributed by atoms with Gasteiger partial charge in [0.25, 0.3) is 0 Å². The Bertz CT molecular complexity index is 801. The van der Waals surface area contributed by atoms with Crippen molar-refractivity contribution < 1.29 is 22.7 Å². The van der Waals surface area contributed by atoms with Gasteiger partial charge in [0.15, 0.2) is 0 Å². The van der Waals surface area contributed by atoms with Gasteiger partial charge in [-0.2, -0.15) is 4.31 Å². The fourth-order valence-electron chi connectivity index (χ4n) is 5.25. The Morgan fingerprint density at radius 1 is 1.18 bits per heavy atom. The minimum atomic E-state index is -3.24. The molecule has 3 amide bonds. The van der Waals surface area contributed by atoms with E-state index in [-0.39, 0.29) is 29.2 Å². The standard InChI is InChI=1S/C18H30N4O5S/c1-16(2,3)27-15(24)20-6-7-21-13(8-20)9-22(14(21)23)18-10-17(11-18,12-18)19(4)28(5,25)26/h13H,6-12H2,1-5H3/t13-,17?,18?/m0/s1. The Kier molecular flexibility index (Phi) is 4.05. The zero-order chi connectivity index (χ0) is 20.7. The largest absolute Gasteiger partial charge is 0.444 e. The third-order valence-electron chi connectivity index (χ3n) is 6.72. The first kappa shape index (κ1) is 19.8. The number of hydrogen-bond acceptors (Lipinski definition) is 5. The van der Waals surface area contributed by atoms with Crippen LogP contribution in [0, 0.1) is 0 Å². The van der Waals surface area contributed by atoms with Crippen LogP contribution in [0.2, 0.25) is 0 Å². The fourth-order valence-corrected chi connectivity index (χ4v) is 6.15. The summed E-state index contributed by atoms with van der Waals surface area (Å²) in [7, 11) is -1.61.